The number of aliphatic imine (C=N–C) groups is 1. The van der Waals surface area contributed by atoms with E-state index in [1.807, 2.05) is 6.07 Å². The van der Waals surface area contributed by atoms with Crippen molar-refractivity contribution in [2.45, 2.75) is 12.8 Å². The Bertz CT molecular complexity index is 603. The maximum absolute atomic E-state index is 11.4. The topological polar surface area (TPSA) is 73.8 Å². The lowest BCUT2D eigenvalue weighted by Gasteiger charge is -2.26. The van der Waals surface area contributed by atoms with Crippen LogP contribution < -0.4 is 10.6 Å². The first-order valence-electron chi connectivity index (χ1n) is 8.50. The minimum Gasteiger partial charge on any atom is -0.356 e. The van der Waals surface area contributed by atoms with Crippen molar-refractivity contribution in [3.8, 4) is 0 Å². The van der Waals surface area contributed by atoms with Crippen LogP contribution in [0, 0.1) is 0 Å². The van der Waals surface area contributed by atoms with E-state index < -0.39 is 9.84 Å². The number of sulfone groups is 1. The van der Waals surface area contributed by atoms with Gasteiger partial charge in [0, 0.05) is 39.8 Å². The smallest absolute Gasteiger partial charge is 0.191 e. The van der Waals surface area contributed by atoms with Crippen molar-refractivity contribution in [2.75, 3.05) is 51.3 Å². The summed E-state index contributed by atoms with van der Waals surface area (Å²) in [5.41, 5.74) is 1.35. The van der Waals surface area contributed by atoms with Crippen LogP contribution in [0.2, 0.25) is 0 Å². The summed E-state index contributed by atoms with van der Waals surface area (Å²) in [6.07, 6.45) is 2.10. The molecule has 0 amide bonds. The molecule has 0 unspecified atom stereocenters. The van der Waals surface area contributed by atoms with Gasteiger partial charge in [-0.1, -0.05) is 30.3 Å². The average molecular weight is 353 g/mol. The quantitative estimate of drug-likeness (QED) is 0.425. The third-order valence-electron chi connectivity index (χ3n) is 4.16. The summed E-state index contributed by atoms with van der Waals surface area (Å²) in [6, 6.07) is 10.5. The van der Waals surface area contributed by atoms with Crippen LogP contribution in [0.5, 0.6) is 0 Å². The Labute approximate surface area is 145 Å². The van der Waals surface area contributed by atoms with Gasteiger partial charge in [-0.3, -0.25) is 9.89 Å². The molecule has 0 radical (unpaired) electrons. The van der Waals surface area contributed by atoms with Gasteiger partial charge >= 0.3 is 0 Å². The Morgan fingerprint density at radius 3 is 2.46 bits per heavy atom. The Hall–Kier alpha value is -1.60. The van der Waals surface area contributed by atoms with Crippen molar-refractivity contribution >= 4 is 15.8 Å². The van der Waals surface area contributed by atoms with Gasteiger partial charge in [0.1, 0.15) is 0 Å². The van der Waals surface area contributed by atoms with E-state index in [1.54, 1.807) is 7.05 Å². The second kappa shape index (κ2) is 9.64. The molecule has 0 atom stereocenters. The third kappa shape index (κ3) is 6.88. The molecule has 0 bridgehead atoms. The van der Waals surface area contributed by atoms with E-state index in [1.165, 1.54) is 5.56 Å². The van der Waals surface area contributed by atoms with Gasteiger partial charge in [-0.05, 0) is 18.4 Å². The molecule has 1 heterocycles. The maximum Gasteiger partial charge on any atom is 0.191 e. The van der Waals surface area contributed by atoms with Crippen molar-refractivity contribution in [3.63, 3.8) is 0 Å². The molecule has 6 nitrogen and oxygen atoms in total. The van der Waals surface area contributed by atoms with E-state index in [9.17, 15) is 8.42 Å². The molecule has 0 spiro atoms. The number of benzene rings is 1. The van der Waals surface area contributed by atoms with Gasteiger partial charge in [-0.25, -0.2) is 8.42 Å². The van der Waals surface area contributed by atoms with E-state index in [4.69, 9.17) is 0 Å². The average Bonchev–Trinajstić information content (AvgIpc) is 2.59. The predicted molar refractivity (Wildman–Crippen MR) is 99.2 cm³/mol. The van der Waals surface area contributed by atoms with Crippen LogP contribution in [0.3, 0.4) is 0 Å². The Kier molecular flexibility index (Phi) is 7.52. The molecule has 134 valence electrons. The van der Waals surface area contributed by atoms with Gasteiger partial charge in [-0.15, -0.1) is 0 Å². The molecular formula is C17H28N4O2S. The van der Waals surface area contributed by atoms with Crippen molar-refractivity contribution in [3.05, 3.63) is 35.9 Å². The number of nitrogens with zero attached hydrogens (tertiary/aromatic N) is 2. The van der Waals surface area contributed by atoms with Crippen LogP contribution in [0.1, 0.15) is 12.0 Å². The highest BCUT2D eigenvalue weighted by atomic mass is 32.2. The van der Waals surface area contributed by atoms with Gasteiger partial charge < -0.3 is 10.6 Å². The zero-order chi connectivity index (χ0) is 17.3. The summed E-state index contributed by atoms with van der Waals surface area (Å²) in [4.78, 5) is 6.40. The number of guanidine groups is 1. The molecule has 7 heteroatoms. The first kappa shape index (κ1) is 18.7. The molecule has 0 aliphatic carbocycles. The highest BCUT2D eigenvalue weighted by molar-refractivity contribution is 7.91. The largest absolute Gasteiger partial charge is 0.356 e. The minimum absolute atomic E-state index is 0.277. The second-order valence-electron chi connectivity index (χ2n) is 6.01. The van der Waals surface area contributed by atoms with E-state index >= 15 is 0 Å². The van der Waals surface area contributed by atoms with Crippen molar-refractivity contribution < 1.29 is 8.42 Å². The van der Waals surface area contributed by atoms with Crippen molar-refractivity contribution in [2.24, 2.45) is 4.99 Å². The summed E-state index contributed by atoms with van der Waals surface area (Å²) in [6.45, 7) is 3.73. The summed E-state index contributed by atoms with van der Waals surface area (Å²) < 4.78 is 22.8. The molecule has 1 aromatic carbocycles. The Balaban J connectivity index is 1.57. The van der Waals surface area contributed by atoms with Gasteiger partial charge in [0.15, 0.2) is 15.8 Å². The Morgan fingerprint density at radius 1 is 1.12 bits per heavy atom. The molecule has 2 N–H and O–H groups in total. The van der Waals surface area contributed by atoms with E-state index in [0.717, 1.165) is 38.4 Å². The molecule has 2 rings (SSSR count). The lowest BCUT2D eigenvalue weighted by molar-refractivity contribution is 0.299. The second-order valence-corrected chi connectivity index (χ2v) is 8.31. The van der Waals surface area contributed by atoms with E-state index in [2.05, 4.69) is 44.8 Å². The number of hydrogen-bond acceptors (Lipinski definition) is 4. The highest BCUT2D eigenvalue weighted by Gasteiger charge is 2.20. The van der Waals surface area contributed by atoms with Crippen LogP contribution in [0.25, 0.3) is 0 Å². The number of aryl methyl sites for hydroxylation is 1. The standard InChI is InChI=1S/C17H28N4O2S/c1-18-17(19-9-5-8-16-6-3-2-4-7-16)20-10-11-21-12-14-24(22,23)15-13-21/h2-4,6-7H,5,8-15H2,1H3,(H2,18,19,20). The first-order chi connectivity index (χ1) is 11.6. The molecule has 24 heavy (non-hydrogen) atoms. The molecule has 1 fully saturated rings. The fraction of sp³-hybridized carbons (Fsp3) is 0.588. The van der Waals surface area contributed by atoms with Crippen LogP contribution in [0.4, 0.5) is 0 Å². The van der Waals surface area contributed by atoms with Gasteiger partial charge in [0.2, 0.25) is 0 Å². The summed E-state index contributed by atoms with van der Waals surface area (Å²) >= 11 is 0. The molecular weight excluding hydrogens is 324 g/mol. The molecule has 0 saturated carbocycles. The van der Waals surface area contributed by atoms with E-state index in [-0.39, 0.29) is 11.5 Å². The molecule has 1 aromatic rings. The van der Waals surface area contributed by atoms with Gasteiger partial charge in [0.25, 0.3) is 0 Å². The zero-order valence-electron chi connectivity index (χ0n) is 14.4. The summed E-state index contributed by atoms with van der Waals surface area (Å²) in [5.74, 6) is 1.35. The SMILES string of the molecule is CN=C(NCCCc1ccccc1)NCCN1CCS(=O)(=O)CC1. The number of hydrogen-bond donors (Lipinski definition) is 2. The first-order valence-corrected chi connectivity index (χ1v) is 10.3. The highest BCUT2D eigenvalue weighted by Crippen LogP contribution is 2.03. The normalized spacial score (nSPS) is 18.3. The van der Waals surface area contributed by atoms with Crippen molar-refractivity contribution in [1.29, 1.82) is 0 Å². The third-order valence-corrected chi connectivity index (χ3v) is 5.77. The van der Waals surface area contributed by atoms with Crippen LogP contribution in [0.15, 0.2) is 35.3 Å². The molecule has 1 saturated heterocycles. The van der Waals surface area contributed by atoms with Gasteiger partial charge in [-0.2, -0.15) is 0 Å². The van der Waals surface area contributed by atoms with Crippen LogP contribution >= 0.6 is 0 Å². The fourth-order valence-electron chi connectivity index (χ4n) is 2.67. The number of rotatable bonds is 7. The van der Waals surface area contributed by atoms with E-state index in [0.29, 0.717) is 13.1 Å². The molecule has 0 aromatic heterocycles. The maximum atomic E-state index is 11.4. The van der Waals surface area contributed by atoms with Crippen LogP contribution in [-0.4, -0.2) is 70.6 Å². The monoisotopic (exact) mass is 352 g/mol. The minimum atomic E-state index is -2.80. The van der Waals surface area contributed by atoms with Crippen molar-refractivity contribution in [1.82, 2.24) is 15.5 Å². The summed E-state index contributed by atoms with van der Waals surface area (Å²) in [5, 5.41) is 6.60. The molecule has 1 aliphatic rings. The lowest BCUT2D eigenvalue weighted by atomic mass is 10.1. The Morgan fingerprint density at radius 2 is 1.79 bits per heavy atom. The zero-order valence-corrected chi connectivity index (χ0v) is 15.2. The van der Waals surface area contributed by atoms with Crippen LogP contribution in [-0.2, 0) is 16.3 Å². The molecule has 1 aliphatic heterocycles. The summed E-state index contributed by atoms with van der Waals surface area (Å²) in [7, 11) is -1.03. The lowest BCUT2D eigenvalue weighted by Crippen LogP contribution is -2.46. The van der Waals surface area contributed by atoms with Gasteiger partial charge in [0.05, 0.1) is 11.5 Å². The fourth-order valence-corrected chi connectivity index (χ4v) is 3.95. The predicted octanol–water partition coefficient (Wildman–Crippen LogP) is 0.515. The number of nitrogens with one attached hydrogen (secondary N) is 2.